The summed E-state index contributed by atoms with van der Waals surface area (Å²) in [5.74, 6) is -0.274. The molecule has 0 spiro atoms. The summed E-state index contributed by atoms with van der Waals surface area (Å²) in [6, 6.07) is 6.86. The van der Waals surface area contributed by atoms with E-state index >= 15 is 0 Å². The highest BCUT2D eigenvalue weighted by atomic mass is 35.5. The van der Waals surface area contributed by atoms with E-state index in [2.05, 4.69) is 9.97 Å². The highest BCUT2D eigenvalue weighted by Gasteiger charge is 2.30. The molecule has 8 heteroatoms. The Morgan fingerprint density at radius 1 is 1.34 bits per heavy atom. The van der Waals surface area contributed by atoms with Gasteiger partial charge >= 0.3 is 5.97 Å². The molecule has 0 saturated carbocycles. The predicted octanol–water partition coefficient (Wildman–Crippen LogP) is 3.96. The lowest BCUT2D eigenvalue weighted by Gasteiger charge is -2.31. The molecule has 1 amide bonds. The molecule has 1 aromatic carbocycles. The van der Waals surface area contributed by atoms with Gasteiger partial charge in [0, 0.05) is 31.0 Å². The van der Waals surface area contributed by atoms with Crippen LogP contribution in [0.4, 0.5) is 0 Å². The maximum absolute atomic E-state index is 13.0. The number of hydrogen-bond acceptors (Lipinski definition) is 6. The maximum atomic E-state index is 13.0. The molecule has 4 rings (SSSR count). The average molecular weight is 414 g/mol. The number of halogens is 1. The first-order valence-corrected chi connectivity index (χ1v) is 9.91. The Bertz CT molecular complexity index is 1070. The molecule has 0 bridgehead atoms. The molecule has 2 aromatic heterocycles. The number of ether oxygens (including phenoxy) is 1. The highest BCUT2D eigenvalue weighted by Crippen LogP contribution is 2.30. The Morgan fingerprint density at radius 2 is 2.21 bits per heavy atom. The van der Waals surface area contributed by atoms with Gasteiger partial charge in [-0.25, -0.2) is 4.98 Å². The third-order valence-corrected chi connectivity index (χ3v) is 5.27. The van der Waals surface area contributed by atoms with E-state index in [4.69, 9.17) is 20.8 Å². The number of rotatable bonds is 4. The topological polar surface area (TPSA) is 85.5 Å². The van der Waals surface area contributed by atoms with Gasteiger partial charge in [0.2, 0.25) is 5.89 Å². The van der Waals surface area contributed by atoms with E-state index in [1.807, 2.05) is 0 Å². The predicted molar refractivity (Wildman–Crippen MR) is 108 cm³/mol. The molecule has 3 heterocycles. The summed E-state index contributed by atoms with van der Waals surface area (Å²) >= 11 is 6.17. The number of benzene rings is 1. The Hall–Kier alpha value is -2.93. The molecule has 0 radical (unpaired) electrons. The Labute approximate surface area is 172 Å². The summed E-state index contributed by atoms with van der Waals surface area (Å²) in [5.41, 5.74) is 2.27. The highest BCUT2D eigenvalue weighted by molar-refractivity contribution is 6.33. The first-order valence-electron chi connectivity index (χ1n) is 9.53. The molecule has 1 saturated heterocycles. The van der Waals surface area contributed by atoms with Gasteiger partial charge in [0.05, 0.1) is 23.1 Å². The van der Waals surface area contributed by atoms with Crippen molar-refractivity contribution < 1.29 is 18.7 Å². The molecule has 1 atom stereocenters. The number of piperidine rings is 1. The molecule has 150 valence electrons. The van der Waals surface area contributed by atoms with Gasteiger partial charge in [-0.15, -0.1) is 0 Å². The van der Waals surface area contributed by atoms with E-state index in [-0.39, 0.29) is 17.8 Å². The number of carbonyl (C=O) groups is 2. The van der Waals surface area contributed by atoms with Gasteiger partial charge in [0.25, 0.3) is 5.91 Å². The van der Waals surface area contributed by atoms with Crippen LogP contribution in [0.5, 0.6) is 0 Å². The largest absolute Gasteiger partial charge is 0.466 e. The van der Waals surface area contributed by atoms with E-state index < -0.39 is 0 Å². The zero-order chi connectivity index (χ0) is 20.4. The third-order valence-electron chi connectivity index (χ3n) is 4.97. The Kier molecular flexibility index (Phi) is 5.49. The van der Waals surface area contributed by atoms with Crippen molar-refractivity contribution in [3.63, 3.8) is 0 Å². The molecule has 1 fully saturated rings. The second-order valence-corrected chi connectivity index (χ2v) is 7.31. The molecular weight excluding hydrogens is 394 g/mol. The number of nitrogens with zero attached hydrogens (tertiary/aromatic N) is 3. The van der Waals surface area contributed by atoms with Gasteiger partial charge in [-0.1, -0.05) is 11.6 Å². The number of hydrogen-bond donors (Lipinski definition) is 0. The summed E-state index contributed by atoms with van der Waals surface area (Å²) in [6.07, 6.45) is 4.64. The van der Waals surface area contributed by atoms with Crippen LogP contribution in [0, 0.1) is 5.92 Å². The maximum Gasteiger partial charge on any atom is 0.310 e. The number of aromatic nitrogens is 2. The molecule has 0 aliphatic carbocycles. The normalized spacial score (nSPS) is 16.8. The van der Waals surface area contributed by atoms with E-state index in [0.717, 1.165) is 12.8 Å². The molecule has 1 unspecified atom stereocenters. The summed E-state index contributed by atoms with van der Waals surface area (Å²) in [7, 11) is 0. The molecule has 1 aliphatic heterocycles. The fourth-order valence-corrected chi connectivity index (χ4v) is 3.72. The van der Waals surface area contributed by atoms with Crippen molar-refractivity contribution in [1.29, 1.82) is 0 Å². The molecule has 1 aliphatic rings. The number of esters is 1. The van der Waals surface area contributed by atoms with Crippen LogP contribution >= 0.6 is 11.6 Å². The van der Waals surface area contributed by atoms with Crippen molar-refractivity contribution in [2.24, 2.45) is 5.92 Å². The van der Waals surface area contributed by atoms with Gasteiger partial charge in [-0.3, -0.25) is 14.6 Å². The summed E-state index contributed by atoms with van der Waals surface area (Å²) in [4.78, 5) is 35.2. The lowest BCUT2D eigenvalue weighted by atomic mass is 9.97. The second-order valence-electron chi connectivity index (χ2n) is 6.90. The molecule has 7 nitrogen and oxygen atoms in total. The Morgan fingerprint density at radius 3 is 3.00 bits per heavy atom. The van der Waals surface area contributed by atoms with Crippen LogP contribution in [0.2, 0.25) is 5.02 Å². The smallest absolute Gasteiger partial charge is 0.310 e. The lowest BCUT2D eigenvalue weighted by molar-refractivity contribution is -0.149. The number of pyridine rings is 1. The van der Waals surface area contributed by atoms with Crippen LogP contribution < -0.4 is 0 Å². The van der Waals surface area contributed by atoms with Gasteiger partial charge < -0.3 is 14.1 Å². The second kappa shape index (κ2) is 8.21. The van der Waals surface area contributed by atoms with Crippen LogP contribution in [-0.4, -0.2) is 46.4 Å². The molecule has 29 heavy (non-hydrogen) atoms. The third kappa shape index (κ3) is 3.96. The van der Waals surface area contributed by atoms with Gasteiger partial charge in [0.1, 0.15) is 5.52 Å². The van der Waals surface area contributed by atoms with Crippen LogP contribution in [0.15, 0.2) is 41.1 Å². The fraction of sp³-hybridized carbons (Fsp3) is 0.333. The monoisotopic (exact) mass is 413 g/mol. The molecular formula is C21H20ClN3O4. The van der Waals surface area contributed by atoms with Crippen molar-refractivity contribution in [3.05, 3.63) is 47.2 Å². The summed E-state index contributed by atoms with van der Waals surface area (Å²) < 4.78 is 10.9. The van der Waals surface area contributed by atoms with Crippen molar-refractivity contribution in [1.82, 2.24) is 14.9 Å². The van der Waals surface area contributed by atoms with E-state index in [1.165, 1.54) is 6.20 Å². The van der Waals surface area contributed by atoms with Crippen molar-refractivity contribution in [2.45, 2.75) is 19.8 Å². The van der Waals surface area contributed by atoms with Crippen molar-refractivity contribution in [2.75, 3.05) is 19.7 Å². The van der Waals surface area contributed by atoms with E-state index in [9.17, 15) is 9.59 Å². The van der Waals surface area contributed by atoms with Gasteiger partial charge in [-0.2, -0.15) is 0 Å². The van der Waals surface area contributed by atoms with E-state index in [0.29, 0.717) is 52.8 Å². The SMILES string of the molecule is CCOC(=O)C1CCCN(C(=O)c2ccc3oc(-c4ccncc4Cl)nc3c2)C1. The van der Waals surface area contributed by atoms with Crippen LogP contribution in [-0.2, 0) is 9.53 Å². The first kappa shape index (κ1) is 19.4. The van der Waals surface area contributed by atoms with Crippen molar-refractivity contribution >= 4 is 34.6 Å². The Balaban J connectivity index is 1.57. The van der Waals surface area contributed by atoms with Crippen LogP contribution in [0.25, 0.3) is 22.6 Å². The quantitative estimate of drug-likeness (QED) is 0.602. The fourth-order valence-electron chi connectivity index (χ4n) is 3.52. The first-order chi connectivity index (χ1) is 14.1. The zero-order valence-electron chi connectivity index (χ0n) is 15.9. The minimum absolute atomic E-state index is 0.132. The van der Waals surface area contributed by atoms with E-state index in [1.54, 1.807) is 42.3 Å². The number of fused-ring (bicyclic) bond motifs is 1. The van der Waals surface area contributed by atoms with Crippen LogP contribution in [0.1, 0.15) is 30.1 Å². The standard InChI is InChI=1S/C21H20ClN3O4/c1-2-28-21(27)14-4-3-9-25(12-14)20(26)13-5-6-18-17(10-13)24-19(29-18)15-7-8-23-11-16(15)22/h5-8,10-11,14H,2-4,9,12H2,1H3. The molecule has 3 aromatic rings. The van der Waals surface area contributed by atoms with Crippen molar-refractivity contribution in [3.8, 4) is 11.5 Å². The van der Waals surface area contributed by atoms with Gasteiger partial charge in [0.15, 0.2) is 5.58 Å². The summed E-state index contributed by atoms with van der Waals surface area (Å²) in [5, 5.41) is 0.439. The minimum Gasteiger partial charge on any atom is -0.466 e. The average Bonchev–Trinajstić information content (AvgIpc) is 3.17. The molecule has 0 N–H and O–H groups in total. The lowest BCUT2D eigenvalue weighted by Crippen LogP contribution is -2.42. The number of likely N-dealkylation sites (tertiary alicyclic amines) is 1. The zero-order valence-corrected chi connectivity index (χ0v) is 16.7. The number of carbonyl (C=O) groups excluding carboxylic acids is 2. The van der Waals surface area contributed by atoms with Crippen LogP contribution in [0.3, 0.4) is 0 Å². The minimum atomic E-state index is -0.274. The number of oxazole rings is 1. The summed E-state index contributed by atoms with van der Waals surface area (Å²) in [6.45, 7) is 3.11. The van der Waals surface area contributed by atoms with Gasteiger partial charge in [-0.05, 0) is 44.0 Å². The number of amides is 1.